The first-order chi connectivity index (χ1) is 9.47. The molecule has 0 spiro atoms. The van der Waals surface area contributed by atoms with Crippen LogP contribution in [0.2, 0.25) is 0 Å². The summed E-state index contributed by atoms with van der Waals surface area (Å²) in [5.74, 6) is -0.0876. The number of ether oxygens (including phenoxy) is 1. The van der Waals surface area contributed by atoms with Crippen molar-refractivity contribution in [1.29, 1.82) is 0 Å². The fourth-order valence-electron chi connectivity index (χ4n) is 1.81. The van der Waals surface area contributed by atoms with Gasteiger partial charge in [0.05, 0.1) is 12.3 Å². The molecule has 0 fully saturated rings. The number of hydrogen-bond donors (Lipinski definition) is 1. The summed E-state index contributed by atoms with van der Waals surface area (Å²) < 4.78 is 7.02. The highest BCUT2D eigenvalue weighted by Crippen LogP contribution is 2.23. The second-order valence-electron chi connectivity index (χ2n) is 4.91. The maximum Gasteiger partial charge on any atom is 0.328 e. The molecule has 0 aliphatic heterocycles. The van der Waals surface area contributed by atoms with Crippen molar-refractivity contribution in [3.63, 3.8) is 0 Å². The lowest BCUT2D eigenvalue weighted by atomic mass is 10.1. The lowest BCUT2D eigenvalue weighted by Crippen LogP contribution is -2.15. The third kappa shape index (κ3) is 3.17. The summed E-state index contributed by atoms with van der Waals surface area (Å²) >= 11 is 0. The molecule has 2 aromatic rings. The van der Waals surface area contributed by atoms with Crippen LogP contribution < -0.4 is 4.74 Å². The molecule has 1 heterocycles. The van der Waals surface area contributed by atoms with Crippen molar-refractivity contribution in [2.24, 2.45) is 0 Å². The Bertz CT molecular complexity index is 587. The lowest BCUT2D eigenvalue weighted by Gasteiger charge is -2.09. The summed E-state index contributed by atoms with van der Waals surface area (Å²) in [7, 11) is 0. The number of hydrogen-bond acceptors (Lipinski definition) is 3. The zero-order valence-corrected chi connectivity index (χ0v) is 11.8. The Morgan fingerprint density at radius 3 is 2.40 bits per heavy atom. The van der Waals surface area contributed by atoms with E-state index in [1.807, 2.05) is 38.1 Å². The van der Waals surface area contributed by atoms with Gasteiger partial charge in [-0.2, -0.15) is 5.10 Å². The molecule has 0 bridgehead atoms. The molecule has 0 amide bonds. The van der Waals surface area contributed by atoms with Gasteiger partial charge in [-0.1, -0.05) is 12.1 Å². The second-order valence-corrected chi connectivity index (χ2v) is 4.91. The molecule has 1 N–H and O–H groups in total. The maximum absolute atomic E-state index is 10.9. The van der Waals surface area contributed by atoms with Crippen LogP contribution in [0.25, 0.3) is 11.1 Å². The number of carbonyl (C=O) groups is 1. The summed E-state index contributed by atoms with van der Waals surface area (Å²) in [6.45, 7) is 5.55. The van der Waals surface area contributed by atoms with Gasteiger partial charge in [0.2, 0.25) is 0 Å². The predicted molar refractivity (Wildman–Crippen MR) is 75.8 cm³/mol. The minimum atomic E-state index is -0.902. The van der Waals surface area contributed by atoms with Crippen LogP contribution in [-0.4, -0.2) is 27.0 Å². The number of nitrogens with zero attached hydrogens (tertiary/aromatic N) is 2. The summed E-state index contributed by atoms with van der Waals surface area (Å²) in [6.07, 6.45) is 3.54. The monoisotopic (exact) mass is 274 g/mol. The fraction of sp³-hybridized carbons (Fsp3) is 0.333. The van der Waals surface area contributed by atoms with E-state index in [1.165, 1.54) is 4.68 Å². The lowest BCUT2D eigenvalue weighted by molar-refractivity contribution is -0.140. The van der Waals surface area contributed by atoms with Crippen molar-refractivity contribution in [1.82, 2.24) is 9.78 Å². The molecule has 5 heteroatoms. The Kier molecular flexibility index (Phi) is 4.08. The highest BCUT2D eigenvalue weighted by atomic mass is 16.5. The first-order valence-electron chi connectivity index (χ1n) is 6.51. The molecule has 106 valence electrons. The van der Waals surface area contributed by atoms with E-state index in [-0.39, 0.29) is 6.10 Å². The summed E-state index contributed by atoms with van der Waals surface area (Å²) in [5, 5.41) is 13.0. The predicted octanol–water partition coefficient (Wildman–Crippen LogP) is 2.98. The summed E-state index contributed by atoms with van der Waals surface area (Å²) in [5.41, 5.74) is 1.86. The minimum Gasteiger partial charge on any atom is -0.491 e. The Morgan fingerprint density at radius 2 is 1.85 bits per heavy atom. The smallest absolute Gasteiger partial charge is 0.328 e. The number of aromatic nitrogens is 2. The van der Waals surface area contributed by atoms with Gasteiger partial charge in [0, 0.05) is 11.8 Å². The van der Waals surface area contributed by atoms with Crippen molar-refractivity contribution in [3.8, 4) is 16.9 Å². The number of carboxylic acid groups (broad SMARTS) is 1. The molecule has 0 aliphatic carbocycles. The van der Waals surface area contributed by atoms with Gasteiger partial charge in [-0.15, -0.1) is 0 Å². The summed E-state index contributed by atoms with van der Waals surface area (Å²) in [6, 6.07) is 6.99. The second kappa shape index (κ2) is 5.77. The number of rotatable bonds is 5. The molecule has 0 saturated heterocycles. The standard InChI is InChI=1S/C15H18N2O3/c1-10(2)20-14-6-4-12(5-7-14)13-8-16-17(9-13)11(3)15(18)19/h4-11H,1-3H3,(H,18,19)/t11-/m1/s1. The van der Waals surface area contributed by atoms with Gasteiger partial charge in [-0.3, -0.25) is 4.68 Å². The Hall–Kier alpha value is -2.30. The van der Waals surface area contributed by atoms with E-state index in [1.54, 1.807) is 19.3 Å². The van der Waals surface area contributed by atoms with Gasteiger partial charge < -0.3 is 9.84 Å². The minimum absolute atomic E-state index is 0.139. The van der Waals surface area contributed by atoms with E-state index >= 15 is 0 Å². The molecule has 0 saturated carbocycles. The van der Waals surface area contributed by atoms with Crippen molar-refractivity contribution >= 4 is 5.97 Å². The molecule has 1 aromatic heterocycles. The maximum atomic E-state index is 10.9. The van der Waals surface area contributed by atoms with Crippen LogP contribution in [0.3, 0.4) is 0 Å². The SMILES string of the molecule is CC(C)Oc1ccc(-c2cnn([C@H](C)C(=O)O)c2)cc1. The van der Waals surface area contributed by atoms with E-state index in [0.717, 1.165) is 16.9 Å². The number of aliphatic carboxylic acids is 1. The van der Waals surface area contributed by atoms with E-state index in [4.69, 9.17) is 9.84 Å². The van der Waals surface area contributed by atoms with Gasteiger partial charge in [0.1, 0.15) is 11.8 Å². The van der Waals surface area contributed by atoms with Crippen LogP contribution in [0, 0.1) is 0 Å². The molecular weight excluding hydrogens is 256 g/mol. The first-order valence-corrected chi connectivity index (χ1v) is 6.51. The molecule has 0 unspecified atom stereocenters. The van der Waals surface area contributed by atoms with Gasteiger partial charge in [-0.25, -0.2) is 4.79 Å². The molecule has 2 rings (SSSR count). The largest absolute Gasteiger partial charge is 0.491 e. The summed E-state index contributed by atoms with van der Waals surface area (Å²) in [4.78, 5) is 10.9. The quantitative estimate of drug-likeness (QED) is 0.910. The van der Waals surface area contributed by atoms with E-state index in [9.17, 15) is 4.79 Å². The zero-order chi connectivity index (χ0) is 14.7. The molecule has 1 aromatic carbocycles. The van der Waals surface area contributed by atoms with E-state index in [0.29, 0.717) is 0 Å². The Morgan fingerprint density at radius 1 is 1.20 bits per heavy atom. The average molecular weight is 274 g/mol. The molecule has 5 nitrogen and oxygen atoms in total. The van der Waals surface area contributed by atoms with Gasteiger partial charge >= 0.3 is 5.97 Å². The number of benzene rings is 1. The topological polar surface area (TPSA) is 64.4 Å². The van der Waals surface area contributed by atoms with Crippen molar-refractivity contribution < 1.29 is 14.6 Å². The van der Waals surface area contributed by atoms with Crippen molar-refractivity contribution in [3.05, 3.63) is 36.7 Å². The Labute approximate surface area is 117 Å². The van der Waals surface area contributed by atoms with Gasteiger partial charge in [0.25, 0.3) is 0 Å². The molecule has 0 aliphatic rings. The van der Waals surface area contributed by atoms with Crippen LogP contribution in [0.15, 0.2) is 36.7 Å². The van der Waals surface area contributed by atoms with E-state index in [2.05, 4.69) is 5.10 Å². The van der Waals surface area contributed by atoms with Crippen molar-refractivity contribution in [2.45, 2.75) is 32.9 Å². The van der Waals surface area contributed by atoms with Crippen LogP contribution in [0.1, 0.15) is 26.8 Å². The third-order valence-electron chi connectivity index (χ3n) is 2.92. The highest BCUT2D eigenvalue weighted by molar-refractivity contribution is 5.71. The van der Waals surface area contributed by atoms with Crippen LogP contribution in [0.5, 0.6) is 5.75 Å². The zero-order valence-electron chi connectivity index (χ0n) is 11.8. The van der Waals surface area contributed by atoms with E-state index < -0.39 is 12.0 Å². The van der Waals surface area contributed by atoms with Crippen LogP contribution in [-0.2, 0) is 4.79 Å². The molecular formula is C15H18N2O3. The molecule has 20 heavy (non-hydrogen) atoms. The normalized spacial score (nSPS) is 12.4. The average Bonchev–Trinajstić information content (AvgIpc) is 2.87. The number of carboxylic acids is 1. The van der Waals surface area contributed by atoms with Gasteiger partial charge in [-0.05, 0) is 38.5 Å². The van der Waals surface area contributed by atoms with Crippen LogP contribution in [0.4, 0.5) is 0 Å². The van der Waals surface area contributed by atoms with Crippen LogP contribution >= 0.6 is 0 Å². The molecule has 0 radical (unpaired) electrons. The van der Waals surface area contributed by atoms with Gasteiger partial charge in [0.15, 0.2) is 0 Å². The fourth-order valence-corrected chi connectivity index (χ4v) is 1.81. The Balaban J connectivity index is 2.18. The third-order valence-corrected chi connectivity index (χ3v) is 2.92. The molecule has 1 atom stereocenters. The highest BCUT2D eigenvalue weighted by Gasteiger charge is 2.14. The first kappa shape index (κ1) is 14.1. The van der Waals surface area contributed by atoms with Crippen molar-refractivity contribution in [2.75, 3.05) is 0 Å².